The zero-order chi connectivity index (χ0) is 20.7. The van der Waals surface area contributed by atoms with Crippen molar-refractivity contribution in [2.24, 2.45) is 5.92 Å². The van der Waals surface area contributed by atoms with Crippen molar-refractivity contribution >= 4 is 16.8 Å². The van der Waals surface area contributed by atoms with E-state index in [-0.39, 0.29) is 24.1 Å². The standard InChI is InChI=1S/C23H23N3O4/c1-14-3-2-4-17-21(14)24-13-26(23(17)28)12-20(27)25-22(15-5-6-15)16-7-8-18-19(11-16)30-10-9-29-18/h2-4,7-8,11,13,15,22H,5-6,9-10,12H2,1H3,(H,25,27). The van der Waals surface area contributed by atoms with Crippen molar-refractivity contribution in [3.8, 4) is 11.5 Å². The van der Waals surface area contributed by atoms with Crippen LogP contribution in [0.15, 0.2) is 47.5 Å². The number of ether oxygens (including phenoxy) is 2. The average molecular weight is 405 g/mol. The molecule has 0 spiro atoms. The van der Waals surface area contributed by atoms with E-state index in [9.17, 15) is 9.59 Å². The van der Waals surface area contributed by atoms with Crippen LogP contribution in [0.2, 0.25) is 0 Å². The molecule has 0 bridgehead atoms. The molecule has 1 aliphatic heterocycles. The Morgan fingerprint density at radius 2 is 2.00 bits per heavy atom. The van der Waals surface area contributed by atoms with E-state index in [0.29, 0.717) is 35.8 Å². The number of nitrogens with one attached hydrogen (secondary N) is 1. The molecule has 1 atom stereocenters. The van der Waals surface area contributed by atoms with Crippen LogP contribution in [-0.2, 0) is 11.3 Å². The molecule has 1 unspecified atom stereocenters. The quantitative estimate of drug-likeness (QED) is 0.706. The van der Waals surface area contributed by atoms with Crippen LogP contribution < -0.4 is 20.3 Å². The third-order valence-electron chi connectivity index (χ3n) is 5.70. The minimum absolute atomic E-state index is 0.0660. The molecule has 2 aliphatic rings. The summed E-state index contributed by atoms with van der Waals surface area (Å²) in [4.78, 5) is 30.0. The summed E-state index contributed by atoms with van der Waals surface area (Å²) in [6.07, 6.45) is 3.58. The number of amides is 1. The molecule has 2 aromatic carbocycles. The molecule has 154 valence electrons. The first-order chi connectivity index (χ1) is 14.6. The van der Waals surface area contributed by atoms with E-state index >= 15 is 0 Å². The highest BCUT2D eigenvalue weighted by atomic mass is 16.6. The van der Waals surface area contributed by atoms with Crippen molar-refractivity contribution in [1.29, 1.82) is 0 Å². The zero-order valence-corrected chi connectivity index (χ0v) is 16.8. The second-order valence-corrected chi connectivity index (χ2v) is 7.93. The van der Waals surface area contributed by atoms with E-state index in [1.165, 1.54) is 10.9 Å². The number of benzene rings is 2. The highest BCUT2D eigenvalue weighted by molar-refractivity contribution is 5.81. The van der Waals surface area contributed by atoms with Crippen molar-refractivity contribution in [2.45, 2.75) is 32.4 Å². The second-order valence-electron chi connectivity index (χ2n) is 7.93. The van der Waals surface area contributed by atoms with Gasteiger partial charge in [-0.05, 0) is 55.0 Å². The first kappa shape index (κ1) is 18.7. The summed E-state index contributed by atoms with van der Waals surface area (Å²) in [5.74, 6) is 1.63. The third-order valence-corrected chi connectivity index (χ3v) is 5.70. The van der Waals surface area contributed by atoms with E-state index < -0.39 is 0 Å². The van der Waals surface area contributed by atoms with E-state index in [4.69, 9.17) is 9.47 Å². The molecule has 1 saturated carbocycles. The molecule has 7 nitrogen and oxygen atoms in total. The van der Waals surface area contributed by atoms with E-state index in [1.54, 1.807) is 6.07 Å². The van der Waals surface area contributed by atoms with Gasteiger partial charge in [0.2, 0.25) is 5.91 Å². The molecule has 0 saturated heterocycles. The van der Waals surface area contributed by atoms with Gasteiger partial charge in [0, 0.05) is 0 Å². The number of carbonyl (C=O) groups is 1. The van der Waals surface area contributed by atoms with Crippen molar-refractivity contribution < 1.29 is 14.3 Å². The lowest BCUT2D eigenvalue weighted by atomic mass is 10.0. The van der Waals surface area contributed by atoms with Gasteiger partial charge in [-0.15, -0.1) is 0 Å². The Morgan fingerprint density at radius 1 is 1.20 bits per heavy atom. The van der Waals surface area contributed by atoms with Crippen molar-refractivity contribution in [2.75, 3.05) is 13.2 Å². The molecule has 30 heavy (non-hydrogen) atoms. The number of hydrogen-bond donors (Lipinski definition) is 1. The van der Waals surface area contributed by atoms with E-state index in [0.717, 1.165) is 29.7 Å². The Balaban J connectivity index is 1.37. The van der Waals surface area contributed by atoms with Gasteiger partial charge < -0.3 is 14.8 Å². The molecule has 1 amide bonds. The van der Waals surface area contributed by atoms with Crippen molar-refractivity contribution in [3.05, 3.63) is 64.2 Å². The molecule has 1 fully saturated rings. The summed E-state index contributed by atoms with van der Waals surface area (Å²) in [7, 11) is 0. The fraction of sp³-hybridized carbons (Fsp3) is 0.348. The monoisotopic (exact) mass is 405 g/mol. The van der Waals surface area contributed by atoms with E-state index in [1.807, 2.05) is 37.3 Å². The number of aromatic nitrogens is 2. The van der Waals surface area contributed by atoms with Gasteiger partial charge in [-0.25, -0.2) is 4.98 Å². The molecule has 2 heterocycles. The highest BCUT2D eigenvalue weighted by Crippen LogP contribution is 2.43. The Bertz CT molecular complexity index is 1180. The number of para-hydroxylation sites is 1. The number of rotatable bonds is 5. The molecule has 1 aromatic heterocycles. The summed E-state index contributed by atoms with van der Waals surface area (Å²) in [6, 6.07) is 11.2. The molecular formula is C23H23N3O4. The van der Waals surface area contributed by atoms with Crippen molar-refractivity contribution in [1.82, 2.24) is 14.9 Å². The van der Waals surface area contributed by atoms with Gasteiger partial charge in [0.25, 0.3) is 5.56 Å². The van der Waals surface area contributed by atoms with Gasteiger partial charge in [-0.3, -0.25) is 14.2 Å². The minimum Gasteiger partial charge on any atom is -0.486 e. The Kier molecular flexibility index (Phi) is 4.65. The van der Waals surface area contributed by atoms with Crippen LogP contribution in [0.4, 0.5) is 0 Å². The minimum atomic E-state index is -0.210. The molecule has 1 N–H and O–H groups in total. The van der Waals surface area contributed by atoms with Gasteiger partial charge in [0.05, 0.1) is 23.3 Å². The Labute approximate surface area is 173 Å². The fourth-order valence-electron chi connectivity index (χ4n) is 3.98. The zero-order valence-electron chi connectivity index (χ0n) is 16.8. The lowest BCUT2D eigenvalue weighted by Gasteiger charge is -2.23. The molecule has 3 aromatic rings. The topological polar surface area (TPSA) is 82.5 Å². The van der Waals surface area contributed by atoms with Crippen molar-refractivity contribution in [3.63, 3.8) is 0 Å². The largest absolute Gasteiger partial charge is 0.486 e. The molecule has 7 heteroatoms. The summed E-state index contributed by atoms with van der Waals surface area (Å²) >= 11 is 0. The Morgan fingerprint density at radius 3 is 2.80 bits per heavy atom. The van der Waals surface area contributed by atoms with Crippen LogP contribution in [0.3, 0.4) is 0 Å². The van der Waals surface area contributed by atoms with Gasteiger partial charge in [0.1, 0.15) is 19.8 Å². The molecule has 5 rings (SSSR count). The second kappa shape index (κ2) is 7.48. The predicted octanol–water partition coefficient (Wildman–Crippen LogP) is 2.74. The first-order valence-electron chi connectivity index (χ1n) is 10.2. The van der Waals surface area contributed by atoms with Gasteiger partial charge in [-0.1, -0.05) is 18.2 Å². The lowest BCUT2D eigenvalue weighted by molar-refractivity contribution is -0.122. The van der Waals surface area contributed by atoms with E-state index in [2.05, 4.69) is 10.3 Å². The number of aryl methyl sites for hydroxylation is 1. The van der Waals surface area contributed by atoms with Crippen LogP contribution in [-0.4, -0.2) is 28.7 Å². The third kappa shape index (κ3) is 3.51. The average Bonchev–Trinajstić information content (AvgIpc) is 3.59. The normalized spacial score (nSPS) is 16.3. The highest BCUT2D eigenvalue weighted by Gasteiger charge is 2.34. The fourth-order valence-corrected chi connectivity index (χ4v) is 3.98. The number of carbonyl (C=O) groups excluding carboxylic acids is 1. The maximum absolute atomic E-state index is 12.8. The number of nitrogens with zero attached hydrogens (tertiary/aromatic N) is 2. The summed E-state index contributed by atoms with van der Waals surface area (Å²) < 4.78 is 12.6. The maximum atomic E-state index is 12.8. The van der Waals surface area contributed by atoms with Crippen LogP contribution in [0.1, 0.15) is 30.0 Å². The lowest BCUT2D eigenvalue weighted by Crippen LogP contribution is -2.35. The predicted molar refractivity (Wildman–Crippen MR) is 112 cm³/mol. The SMILES string of the molecule is Cc1cccc2c(=O)n(CC(=O)NC(c3ccc4c(c3)OCCO4)C3CC3)cnc12. The van der Waals surface area contributed by atoms with Gasteiger partial charge in [0.15, 0.2) is 11.5 Å². The number of hydrogen-bond acceptors (Lipinski definition) is 5. The van der Waals surface area contributed by atoms with Crippen LogP contribution in [0.5, 0.6) is 11.5 Å². The Hall–Kier alpha value is -3.35. The van der Waals surface area contributed by atoms with Gasteiger partial charge in [-0.2, -0.15) is 0 Å². The summed E-state index contributed by atoms with van der Waals surface area (Å²) in [5.41, 5.74) is 2.40. The molecule has 0 radical (unpaired) electrons. The number of fused-ring (bicyclic) bond motifs is 2. The van der Waals surface area contributed by atoms with Gasteiger partial charge >= 0.3 is 0 Å². The smallest absolute Gasteiger partial charge is 0.261 e. The van der Waals surface area contributed by atoms with Crippen LogP contribution >= 0.6 is 0 Å². The summed E-state index contributed by atoms with van der Waals surface area (Å²) in [6.45, 7) is 2.92. The summed E-state index contributed by atoms with van der Waals surface area (Å²) in [5, 5.41) is 3.64. The van der Waals surface area contributed by atoms with Crippen LogP contribution in [0, 0.1) is 12.8 Å². The maximum Gasteiger partial charge on any atom is 0.261 e. The molecule has 1 aliphatic carbocycles. The van der Waals surface area contributed by atoms with Crippen LogP contribution in [0.25, 0.3) is 10.9 Å². The first-order valence-corrected chi connectivity index (χ1v) is 10.2. The molecular weight excluding hydrogens is 382 g/mol.